The van der Waals surface area contributed by atoms with Gasteiger partial charge in [0.2, 0.25) is 11.7 Å². The summed E-state index contributed by atoms with van der Waals surface area (Å²) in [6.07, 6.45) is 0. The zero-order valence-corrected chi connectivity index (χ0v) is 11.8. The van der Waals surface area contributed by atoms with Crippen LogP contribution in [-0.4, -0.2) is 18.3 Å². The van der Waals surface area contributed by atoms with Gasteiger partial charge in [0.1, 0.15) is 0 Å². The summed E-state index contributed by atoms with van der Waals surface area (Å²) in [6.45, 7) is 1.40. The Hall–Kier alpha value is -2.88. The topological polar surface area (TPSA) is 114 Å². The number of rotatable bonds is 1. The molecule has 3 aliphatic heterocycles. The van der Waals surface area contributed by atoms with Crippen molar-refractivity contribution in [3.05, 3.63) is 35.9 Å². The number of benzene rings is 1. The molecule has 3 aliphatic rings. The molecule has 0 saturated carbocycles. The molecule has 0 aromatic heterocycles. The molecule has 3 fully saturated rings. The van der Waals surface area contributed by atoms with E-state index in [2.05, 4.69) is 0 Å². The van der Waals surface area contributed by atoms with E-state index in [9.17, 15) is 15.8 Å². The van der Waals surface area contributed by atoms with Gasteiger partial charge in [0.15, 0.2) is 10.8 Å². The molecule has 0 spiro atoms. The van der Waals surface area contributed by atoms with Gasteiger partial charge in [-0.25, -0.2) is 0 Å². The van der Waals surface area contributed by atoms with Crippen molar-refractivity contribution in [3.8, 4) is 18.2 Å². The van der Waals surface area contributed by atoms with Gasteiger partial charge in [0, 0.05) is 6.92 Å². The SMILES string of the molecule is C[C@@]12OC[C@](C#N)(C(=N)O1)C(C#N)(C#N)[C@H]2c1ccccc1. The van der Waals surface area contributed by atoms with Crippen LogP contribution in [0, 0.1) is 50.2 Å². The van der Waals surface area contributed by atoms with Crippen LogP contribution in [0.4, 0.5) is 0 Å². The normalized spacial score (nSPS) is 34.8. The lowest BCUT2D eigenvalue weighted by molar-refractivity contribution is -0.287. The van der Waals surface area contributed by atoms with Crippen molar-refractivity contribution in [1.82, 2.24) is 0 Å². The first-order chi connectivity index (χ1) is 10.5. The number of hydrogen-bond donors (Lipinski definition) is 1. The quantitative estimate of drug-likeness (QED) is 0.851. The number of ether oxygens (including phenoxy) is 2. The minimum atomic E-state index is -1.74. The molecule has 2 bridgehead atoms. The first-order valence-corrected chi connectivity index (χ1v) is 6.70. The average Bonchev–Trinajstić information content (AvgIpc) is 2.54. The first-order valence-electron chi connectivity index (χ1n) is 6.70. The molecular formula is C16H12N4O2. The van der Waals surface area contributed by atoms with Gasteiger partial charge in [-0.2, -0.15) is 15.8 Å². The Morgan fingerprint density at radius 3 is 2.27 bits per heavy atom. The molecule has 0 radical (unpaired) electrons. The molecular weight excluding hydrogens is 280 g/mol. The molecule has 6 heteroatoms. The molecule has 0 amide bonds. The van der Waals surface area contributed by atoms with Crippen LogP contribution in [0.15, 0.2) is 30.3 Å². The van der Waals surface area contributed by atoms with Crippen molar-refractivity contribution in [1.29, 1.82) is 21.2 Å². The minimum absolute atomic E-state index is 0.205. The van der Waals surface area contributed by atoms with Crippen molar-refractivity contribution in [2.24, 2.45) is 10.8 Å². The van der Waals surface area contributed by atoms with Gasteiger partial charge in [-0.15, -0.1) is 0 Å². The lowest BCUT2D eigenvalue weighted by Gasteiger charge is -2.58. The van der Waals surface area contributed by atoms with Gasteiger partial charge in [-0.1, -0.05) is 30.3 Å². The second-order valence-corrected chi connectivity index (χ2v) is 5.63. The summed E-state index contributed by atoms with van der Waals surface area (Å²) >= 11 is 0. The van der Waals surface area contributed by atoms with Crippen LogP contribution in [0.5, 0.6) is 0 Å². The number of nitriles is 3. The molecule has 1 aromatic rings. The zero-order chi connectivity index (χ0) is 16.0. The highest BCUT2D eigenvalue weighted by molar-refractivity contribution is 5.88. The van der Waals surface area contributed by atoms with E-state index in [0.717, 1.165) is 0 Å². The van der Waals surface area contributed by atoms with Crippen molar-refractivity contribution in [2.45, 2.75) is 18.6 Å². The molecule has 0 aliphatic carbocycles. The van der Waals surface area contributed by atoms with Crippen molar-refractivity contribution in [2.75, 3.05) is 6.61 Å². The van der Waals surface area contributed by atoms with Crippen LogP contribution < -0.4 is 0 Å². The largest absolute Gasteiger partial charge is 0.447 e. The van der Waals surface area contributed by atoms with E-state index in [0.29, 0.717) is 5.56 Å². The summed E-state index contributed by atoms with van der Waals surface area (Å²) in [5.74, 6) is -2.50. The second kappa shape index (κ2) is 4.31. The summed E-state index contributed by atoms with van der Waals surface area (Å²) in [7, 11) is 0. The predicted molar refractivity (Wildman–Crippen MR) is 74.1 cm³/mol. The fourth-order valence-corrected chi connectivity index (χ4v) is 3.43. The van der Waals surface area contributed by atoms with Crippen LogP contribution in [0.25, 0.3) is 0 Å². The summed E-state index contributed by atoms with van der Waals surface area (Å²) < 4.78 is 11.2. The van der Waals surface area contributed by atoms with Gasteiger partial charge in [0.05, 0.1) is 30.7 Å². The molecule has 0 unspecified atom stereocenters. The predicted octanol–water partition coefficient (Wildman–Crippen LogP) is 2.07. The Kier molecular flexibility index (Phi) is 2.75. The maximum absolute atomic E-state index is 9.79. The fourth-order valence-electron chi connectivity index (χ4n) is 3.43. The monoisotopic (exact) mass is 292 g/mol. The van der Waals surface area contributed by atoms with Gasteiger partial charge in [-0.05, 0) is 5.56 Å². The number of nitrogens with one attached hydrogen (secondary N) is 1. The number of fused-ring (bicyclic) bond motifs is 3. The molecule has 3 heterocycles. The zero-order valence-electron chi connectivity index (χ0n) is 11.8. The molecule has 3 atom stereocenters. The first kappa shape index (κ1) is 14.1. The maximum Gasteiger partial charge on any atom is 0.218 e. The van der Waals surface area contributed by atoms with Gasteiger partial charge in [-0.3, -0.25) is 5.41 Å². The lowest BCUT2D eigenvalue weighted by Crippen LogP contribution is -2.70. The molecule has 1 aromatic carbocycles. The van der Waals surface area contributed by atoms with E-state index in [1.165, 1.54) is 0 Å². The third kappa shape index (κ3) is 1.36. The Morgan fingerprint density at radius 2 is 1.77 bits per heavy atom. The highest BCUT2D eigenvalue weighted by atomic mass is 16.7. The van der Waals surface area contributed by atoms with Crippen LogP contribution >= 0.6 is 0 Å². The third-order valence-corrected chi connectivity index (χ3v) is 4.57. The molecule has 22 heavy (non-hydrogen) atoms. The van der Waals surface area contributed by atoms with E-state index < -0.39 is 22.5 Å². The minimum Gasteiger partial charge on any atom is -0.447 e. The molecule has 108 valence electrons. The van der Waals surface area contributed by atoms with E-state index in [1.54, 1.807) is 31.2 Å². The van der Waals surface area contributed by atoms with Crippen molar-refractivity contribution in [3.63, 3.8) is 0 Å². The Labute approximate surface area is 127 Å². The Morgan fingerprint density at radius 1 is 1.14 bits per heavy atom. The van der Waals surface area contributed by atoms with Crippen LogP contribution in [0.2, 0.25) is 0 Å². The maximum atomic E-state index is 9.79. The average molecular weight is 292 g/mol. The lowest BCUT2D eigenvalue weighted by atomic mass is 9.52. The smallest absolute Gasteiger partial charge is 0.218 e. The van der Waals surface area contributed by atoms with Gasteiger partial charge >= 0.3 is 0 Å². The molecule has 3 saturated heterocycles. The number of hydrogen-bond acceptors (Lipinski definition) is 6. The van der Waals surface area contributed by atoms with Crippen molar-refractivity contribution < 1.29 is 9.47 Å². The Bertz CT molecular complexity index is 756. The standard InChI is InChI=1S/C16H12N4O2/c1-14-12(11-5-3-2-4-6-11)15(7-17,8-18)16(9-19,10-21-14)13(20)22-14/h2-6,12,20H,10H2,1H3/t12-,14+,16+/m0/s1. The van der Waals surface area contributed by atoms with Gasteiger partial charge in [0.25, 0.3) is 0 Å². The fraction of sp³-hybridized carbons (Fsp3) is 0.375. The van der Waals surface area contributed by atoms with Crippen LogP contribution in [0.1, 0.15) is 18.4 Å². The van der Waals surface area contributed by atoms with Crippen LogP contribution in [0.3, 0.4) is 0 Å². The van der Waals surface area contributed by atoms with E-state index >= 15 is 0 Å². The Balaban J connectivity index is 2.34. The second-order valence-electron chi connectivity index (χ2n) is 5.63. The summed E-state index contributed by atoms with van der Waals surface area (Å²) in [6, 6.07) is 14.9. The van der Waals surface area contributed by atoms with E-state index in [-0.39, 0.29) is 12.5 Å². The summed E-state index contributed by atoms with van der Waals surface area (Å²) in [5.41, 5.74) is -2.81. The third-order valence-electron chi connectivity index (χ3n) is 4.57. The van der Waals surface area contributed by atoms with Crippen molar-refractivity contribution >= 4 is 5.90 Å². The summed E-state index contributed by atoms with van der Waals surface area (Å²) in [5, 5.41) is 37.3. The number of nitrogens with zero attached hydrogens (tertiary/aromatic N) is 3. The van der Waals surface area contributed by atoms with Crippen LogP contribution in [-0.2, 0) is 9.47 Å². The summed E-state index contributed by atoms with van der Waals surface area (Å²) in [4.78, 5) is 0. The van der Waals surface area contributed by atoms with E-state index in [4.69, 9.17) is 14.9 Å². The molecule has 4 rings (SSSR count). The molecule has 6 nitrogen and oxygen atoms in total. The van der Waals surface area contributed by atoms with Gasteiger partial charge < -0.3 is 9.47 Å². The molecule has 1 N–H and O–H groups in total. The van der Waals surface area contributed by atoms with E-state index in [1.807, 2.05) is 24.3 Å². The highest BCUT2D eigenvalue weighted by Crippen LogP contribution is 2.62. The highest BCUT2D eigenvalue weighted by Gasteiger charge is 2.75.